The fourth-order valence-corrected chi connectivity index (χ4v) is 3.18. The van der Waals surface area contributed by atoms with Crippen LogP contribution in [0.1, 0.15) is 19.4 Å². The van der Waals surface area contributed by atoms with Crippen molar-refractivity contribution in [2.24, 2.45) is 0 Å². The molecule has 38 heavy (non-hydrogen) atoms. The van der Waals surface area contributed by atoms with E-state index in [1.807, 2.05) is 57.2 Å². The first-order valence-corrected chi connectivity index (χ1v) is 11.3. The van der Waals surface area contributed by atoms with Crippen molar-refractivity contribution < 1.29 is 32.6 Å². The molecule has 10 nitrogen and oxygen atoms in total. The Morgan fingerprint density at radius 3 is 2.58 bits per heavy atom. The first kappa shape index (κ1) is 27.9. The highest BCUT2D eigenvalue weighted by molar-refractivity contribution is 5.84. The van der Waals surface area contributed by atoms with Crippen LogP contribution in [-0.4, -0.2) is 56.0 Å². The van der Waals surface area contributed by atoms with Crippen LogP contribution in [0, 0.1) is 6.92 Å². The lowest BCUT2D eigenvalue weighted by Crippen LogP contribution is -2.34. The maximum Gasteiger partial charge on any atom is 0.490 e. The average molecular weight is 531 g/mol. The Morgan fingerprint density at radius 1 is 1.16 bits per heavy atom. The Bertz CT molecular complexity index is 1420. The van der Waals surface area contributed by atoms with Crippen molar-refractivity contribution in [2.45, 2.75) is 33.0 Å². The van der Waals surface area contributed by atoms with Crippen LogP contribution < -0.4 is 15.4 Å². The Kier molecular flexibility index (Phi) is 8.84. The summed E-state index contributed by atoms with van der Waals surface area (Å²) >= 11 is 0. The molecule has 0 spiro atoms. The molecule has 4 N–H and O–H groups in total. The molecule has 13 heteroatoms. The Labute approximate surface area is 215 Å². The number of anilines is 2. The predicted molar refractivity (Wildman–Crippen MR) is 134 cm³/mol. The van der Waals surface area contributed by atoms with Crippen molar-refractivity contribution in [2.75, 3.05) is 11.9 Å². The van der Waals surface area contributed by atoms with E-state index in [0.717, 1.165) is 27.7 Å². The highest BCUT2D eigenvalue weighted by atomic mass is 19.4. The second-order valence-corrected chi connectivity index (χ2v) is 8.36. The van der Waals surface area contributed by atoms with Gasteiger partial charge in [-0.25, -0.2) is 14.8 Å². The normalized spacial score (nSPS) is 11.0. The van der Waals surface area contributed by atoms with E-state index in [1.54, 1.807) is 18.5 Å². The SMILES string of the molecule is Cc1cc2[nH]ncc2cc1Nc1ccnc(-c2cccc(OCC(=O)NC(C)C)c2)n1.O=C(O)C(F)(F)F. The van der Waals surface area contributed by atoms with Crippen molar-refractivity contribution in [3.63, 3.8) is 0 Å². The van der Waals surface area contributed by atoms with Crippen molar-refractivity contribution in [1.29, 1.82) is 0 Å². The number of H-pyrrole nitrogens is 1. The molecule has 0 saturated carbocycles. The van der Waals surface area contributed by atoms with Crippen LogP contribution in [0.5, 0.6) is 5.75 Å². The van der Waals surface area contributed by atoms with E-state index < -0.39 is 12.1 Å². The summed E-state index contributed by atoms with van der Waals surface area (Å²) in [7, 11) is 0. The minimum Gasteiger partial charge on any atom is -0.484 e. The van der Waals surface area contributed by atoms with Crippen molar-refractivity contribution in [3.05, 3.63) is 60.4 Å². The second-order valence-electron chi connectivity index (χ2n) is 8.36. The lowest BCUT2D eigenvalue weighted by Gasteiger charge is -2.11. The first-order valence-electron chi connectivity index (χ1n) is 11.3. The van der Waals surface area contributed by atoms with Gasteiger partial charge in [-0.3, -0.25) is 9.89 Å². The molecule has 200 valence electrons. The molecule has 0 aliphatic carbocycles. The van der Waals surface area contributed by atoms with Crippen LogP contribution in [-0.2, 0) is 9.59 Å². The van der Waals surface area contributed by atoms with Gasteiger partial charge in [0.15, 0.2) is 12.4 Å². The maximum atomic E-state index is 11.8. The number of hydrogen-bond acceptors (Lipinski definition) is 7. The van der Waals surface area contributed by atoms with Gasteiger partial charge >= 0.3 is 12.1 Å². The Morgan fingerprint density at radius 2 is 1.89 bits per heavy atom. The summed E-state index contributed by atoms with van der Waals surface area (Å²) in [5.74, 6) is -1.09. The van der Waals surface area contributed by atoms with Gasteiger partial charge in [0, 0.05) is 28.9 Å². The summed E-state index contributed by atoms with van der Waals surface area (Å²) in [6.45, 7) is 5.80. The number of carbonyl (C=O) groups is 2. The zero-order chi connectivity index (χ0) is 27.9. The molecule has 0 radical (unpaired) electrons. The topological polar surface area (TPSA) is 142 Å². The number of alkyl halides is 3. The molecule has 2 aromatic carbocycles. The fourth-order valence-electron chi connectivity index (χ4n) is 3.18. The smallest absolute Gasteiger partial charge is 0.484 e. The van der Waals surface area contributed by atoms with Gasteiger partial charge in [0.05, 0.1) is 11.7 Å². The lowest BCUT2D eigenvalue weighted by atomic mass is 10.1. The van der Waals surface area contributed by atoms with Gasteiger partial charge in [-0.05, 0) is 56.7 Å². The number of ether oxygens (including phenoxy) is 1. The summed E-state index contributed by atoms with van der Waals surface area (Å²) in [6, 6.07) is 13.4. The number of aromatic nitrogens is 4. The van der Waals surface area contributed by atoms with Crippen LogP contribution in [0.3, 0.4) is 0 Å². The molecule has 0 atom stereocenters. The van der Waals surface area contributed by atoms with Gasteiger partial charge in [-0.2, -0.15) is 18.3 Å². The van der Waals surface area contributed by atoms with Crippen LogP contribution in [0.15, 0.2) is 54.9 Å². The number of hydrogen-bond donors (Lipinski definition) is 4. The number of fused-ring (bicyclic) bond motifs is 1. The monoisotopic (exact) mass is 530 g/mol. The Hall–Kier alpha value is -4.68. The largest absolute Gasteiger partial charge is 0.490 e. The number of carboxylic acid groups (broad SMARTS) is 1. The van der Waals surface area contributed by atoms with Gasteiger partial charge in [-0.1, -0.05) is 12.1 Å². The number of aliphatic carboxylic acids is 1. The average Bonchev–Trinajstić information content (AvgIpc) is 3.30. The number of halogens is 3. The minimum absolute atomic E-state index is 0.0418. The van der Waals surface area contributed by atoms with Gasteiger partial charge < -0.3 is 20.5 Å². The third-order valence-electron chi connectivity index (χ3n) is 4.86. The summed E-state index contributed by atoms with van der Waals surface area (Å²) in [5, 5.41) is 21.4. The number of carbonyl (C=O) groups excluding carboxylic acids is 1. The second kappa shape index (κ2) is 12.0. The highest BCUT2D eigenvalue weighted by Gasteiger charge is 2.38. The molecule has 1 amide bonds. The Balaban J connectivity index is 0.000000505. The number of nitrogens with zero attached hydrogens (tertiary/aromatic N) is 3. The molecule has 0 aliphatic heterocycles. The number of benzene rings is 2. The van der Waals surface area contributed by atoms with E-state index in [2.05, 4.69) is 30.8 Å². The fraction of sp³-hybridized carbons (Fsp3) is 0.240. The predicted octanol–water partition coefficient (Wildman–Crippen LogP) is 4.61. The van der Waals surface area contributed by atoms with Gasteiger partial charge in [0.1, 0.15) is 11.6 Å². The minimum atomic E-state index is -5.08. The van der Waals surface area contributed by atoms with Gasteiger partial charge in [-0.15, -0.1) is 0 Å². The van der Waals surface area contributed by atoms with Gasteiger partial charge in [0.2, 0.25) is 0 Å². The zero-order valence-electron chi connectivity index (χ0n) is 20.6. The molecular weight excluding hydrogens is 505 g/mol. The van der Waals surface area contributed by atoms with E-state index in [4.69, 9.17) is 14.6 Å². The first-order chi connectivity index (χ1) is 17.9. The van der Waals surface area contributed by atoms with Gasteiger partial charge in [0.25, 0.3) is 5.91 Å². The number of aromatic amines is 1. The summed E-state index contributed by atoms with van der Waals surface area (Å²) in [6.07, 6.45) is -1.59. The maximum absolute atomic E-state index is 11.8. The number of carboxylic acids is 1. The van der Waals surface area contributed by atoms with Crippen LogP contribution in [0.2, 0.25) is 0 Å². The molecule has 0 bridgehead atoms. The van der Waals surface area contributed by atoms with E-state index in [9.17, 15) is 18.0 Å². The molecule has 0 saturated heterocycles. The van der Waals surface area contributed by atoms with Crippen LogP contribution in [0.25, 0.3) is 22.3 Å². The number of amides is 1. The molecule has 2 heterocycles. The summed E-state index contributed by atoms with van der Waals surface area (Å²) < 4.78 is 37.3. The third kappa shape index (κ3) is 7.91. The summed E-state index contributed by atoms with van der Waals surface area (Å²) in [4.78, 5) is 29.7. The van der Waals surface area contributed by atoms with Crippen LogP contribution in [0.4, 0.5) is 24.7 Å². The van der Waals surface area contributed by atoms with E-state index >= 15 is 0 Å². The molecule has 4 aromatic rings. The quantitative estimate of drug-likeness (QED) is 0.271. The molecule has 0 fully saturated rings. The van der Waals surface area contributed by atoms with Crippen LogP contribution >= 0.6 is 0 Å². The zero-order valence-corrected chi connectivity index (χ0v) is 20.6. The molecule has 0 unspecified atom stereocenters. The third-order valence-corrected chi connectivity index (χ3v) is 4.86. The van der Waals surface area contributed by atoms with Crippen molar-refractivity contribution in [1.82, 2.24) is 25.5 Å². The van der Waals surface area contributed by atoms with Crippen molar-refractivity contribution in [3.8, 4) is 17.1 Å². The number of nitrogens with one attached hydrogen (secondary N) is 3. The highest BCUT2D eigenvalue weighted by Crippen LogP contribution is 2.26. The molecule has 4 rings (SSSR count). The van der Waals surface area contributed by atoms with E-state index in [-0.39, 0.29) is 18.6 Å². The molecule has 0 aliphatic rings. The summed E-state index contributed by atoms with van der Waals surface area (Å²) in [5.41, 5.74) is 3.82. The van der Waals surface area contributed by atoms with E-state index in [0.29, 0.717) is 17.4 Å². The van der Waals surface area contributed by atoms with Crippen molar-refractivity contribution >= 4 is 34.3 Å². The lowest BCUT2D eigenvalue weighted by molar-refractivity contribution is -0.192. The molecule has 2 aromatic heterocycles. The number of rotatable bonds is 7. The molecular formula is C25H25F3N6O4. The number of aryl methyl sites for hydroxylation is 1. The van der Waals surface area contributed by atoms with E-state index in [1.165, 1.54) is 0 Å². The standard InChI is InChI=1S/C23H24N6O2.C2HF3O2/c1-14(2)26-22(30)13-31-18-6-4-5-16(10-18)23-24-8-7-21(28-23)27-19-11-17-12-25-29-20(17)9-15(19)3;3-2(4,5)1(6)7/h4-12,14H,13H2,1-3H3,(H,25,29)(H,26,30)(H,24,27,28);(H,6,7).